The van der Waals surface area contributed by atoms with E-state index < -0.39 is 6.61 Å². The number of aliphatic hydroxyl groups excluding tert-OH is 1. The van der Waals surface area contributed by atoms with Gasteiger partial charge in [-0.05, 0) is 37.5 Å². The van der Waals surface area contributed by atoms with Crippen molar-refractivity contribution < 1.29 is 28.1 Å². The van der Waals surface area contributed by atoms with E-state index in [-0.39, 0.29) is 23.5 Å². The maximum Gasteiger partial charge on any atom is 0.387 e. The lowest BCUT2D eigenvalue weighted by atomic mass is 9.84. The lowest BCUT2D eigenvalue weighted by Gasteiger charge is -2.27. The molecule has 1 aromatic rings. The molecule has 1 unspecified atom stereocenters. The summed E-state index contributed by atoms with van der Waals surface area (Å²) in [6.07, 6.45) is 1.56. The minimum atomic E-state index is -2.91. The third-order valence-corrected chi connectivity index (χ3v) is 4.67. The van der Waals surface area contributed by atoms with E-state index >= 15 is 0 Å². The molecule has 9 heteroatoms. The van der Waals surface area contributed by atoms with Crippen LogP contribution in [0.1, 0.15) is 25.3 Å². The molecule has 0 radical (unpaired) electrons. The lowest BCUT2D eigenvalue weighted by molar-refractivity contribution is -0.0514. The van der Waals surface area contributed by atoms with Crippen molar-refractivity contribution in [2.24, 2.45) is 10.4 Å². The Morgan fingerprint density at radius 3 is 2.79 bits per heavy atom. The summed E-state index contributed by atoms with van der Waals surface area (Å²) in [4.78, 5) is 4.21. The van der Waals surface area contributed by atoms with Gasteiger partial charge in [0.1, 0.15) is 0 Å². The van der Waals surface area contributed by atoms with Crippen molar-refractivity contribution in [3.8, 4) is 11.5 Å². The average Bonchev–Trinajstić information content (AvgIpc) is 3.13. The molecule has 1 aromatic carbocycles. The van der Waals surface area contributed by atoms with Gasteiger partial charge in [-0.3, -0.25) is 4.99 Å². The third-order valence-electron chi connectivity index (χ3n) is 4.67. The monoisotopic (exact) mass is 401 g/mol. The van der Waals surface area contributed by atoms with Gasteiger partial charge in [0.15, 0.2) is 17.5 Å². The number of guanidine groups is 1. The van der Waals surface area contributed by atoms with Gasteiger partial charge in [0, 0.05) is 38.8 Å². The highest BCUT2D eigenvalue weighted by molar-refractivity contribution is 5.79. The van der Waals surface area contributed by atoms with Crippen molar-refractivity contribution in [3.05, 3.63) is 23.8 Å². The Kier molecular flexibility index (Phi) is 8.72. The van der Waals surface area contributed by atoms with Crippen LogP contribution in [0.15, 0.2) is 23.2 Å². The number of halogens is 2. The second-order valence-corrected chi connectivity index (χ2v) is 6.65. The van der Waals surface area contributed by atoms with Gasteiger partial charge in [-0.25, -0.2) is 0 Å². The molecule has 7 nitrogen and oxygen atoms in total. The zero-order valence-electron chi connectivity index (χ0n) is 16.3. The fourth-order valence-electron chi connectivity index (χ4n) is 3.11. The van der Waals surface area contributed by atoms with Crippen LogP contribution in [0.3, 0.4) is 0 Å². The number of nitrogens with zero attached hydrogens (tertiary/aromatic N) is 1. The molecule has 2 rings (SSSR count). The molecule has 0 bridgehead atoms. The SMILES string of the molecule is CCOc1cc(CNC(=NC)NCC2(CCO)CCOC2)ccc1OC(F)F. The molecular formula is C19H29F2N3O4. The smallest absolute Gasteiger partial charge is 0.387 e. The number of hydrogen-bond acceptors (Lipinski definition) is 5. The van der Waals surface area contributed by atoms with Gasteiger partial charge in [-0.2, -0.15) is 8.78 Å². The summed E-state index contributed by atoms with van der Waals surface area (Å²) in [7, 11) is 1.67. The molecule has 1 aliphatic heterocycles. The van der Waals surface area contributed by atoms with Crippen LogP contribution in [-0.2, 0) is 11.3 Å². The first-order valence-electron chi connectivity index (χ1n) is 9.35. The highest BCUT2D eigenvalue weighted by Gasteiger charge is 2.34. The molecule has 0 aliphatic carbocycles. The lowest BCUT2D eigenvalue weighted by Crippen LogP contribution is -2.44. The van der Waals surface area contributed by atoms with Gasteiger partial charge in [-0.1, -0.05) is 6.07 Å². The average molecular weight is 401 g/mol. The van der Waals surface area contributed by atoms with Crippen LogP contribution in [0.2, 0.25) is 0 Å². The van der Waals surface area contributed by atoms with E-state index in [0.717, 1.165) is 12.0 Å². The Hall–Kier alpha value is -2.13. The molecule has 1 saturated heterocycles. The van der Waals surface area contributed by atoms with Crippen molar-refractivity contribution in [2.75, 3.05) is 40.0 Å². The quantitative estimate of drug-likeness (QED) is 0.412. The highest BCUT2D eigenvalue weighted by atomic mass is 19.3. The third kappa shape index (κ3) is 6.49. The van der Waals surface area contributed by atoms with E-state index in [9.17, 15) is 13.9 Å². The molecule has 158 valence electrons. The van der Waals surface area contributed by atoms with E-state index in [2.05, 4.69) is 20.4 Å². The van der Waals surface area contributed by atoms with Crippen LogP contribution in [0.4, 0.5) is 8.78 Å². The van der Waals surface area contributed by atoms with Crippen molar-refractivity contribution in [1.82, 2.24) is 10.6 Å². The number of nitrogens with one attached hydrogen (secondary N) is 2. The summed E-state index contributed by atoms with van der Waals surface area (Å²) < 4.78 is 40.4. The van der Waals surface area contributed by atoms with Crippen molar-refractivity contribution in [3.63, 3.8) is 0 Å². The Balaban J connectivity index is 1.94. The second-order valence-electron chi connectivity index (χ2n) is 6.65. The van der Waals surface area contributed by atoms with Crippen molar-refractivity contribution >= 4 is 5.96 Å². The van der Waals surface area contributed by atoms with Crippen LogP contribution in [0.25, 0.3) is 0 Å². The van der Waals surface area contributed by atoms with E-state index in [4.69, 9.17) is 9.47 Å². The first-order valence-corrected chi connectivity index (χ1v) is 9.35. The van der Waals surface area contributed by atoms with Crippen molar-refractivity contribution in [1.29, 1.82) is 0 Å². The molecule has 0 saturated carbocycles. The Bertz CT molecular complexity index is 638. The van der Waals surface area contributed by atoms with Gasteiger partial charge >= 0.3 is 6.61 Å². The zero-order chi connectivity index (χ0) is 20.4. The summed E-state index contributed by atoms with van der Waals surface area (Å²) >= 11 is 0. The van der Waals surface area contributed by atoms with Crippen LogP contribution >= 0.6 is 0 Å². The minimum absolute atomic E-state index is 0.00952. The predicted octanol–water partition coefficient (Wildman–Crippen LogP) is 2.14. The summed E-state index contributed by atoms with van der Waals surface area (Å²) in [5.74, 6) is 0.889. The van der Waals surface area contributed by atoms with Crippen LogP contribution in [0, 0.1) is 5.41 Å². The molecule has 1 aliphatic rings. The zero-order valence-corrected chi connectivity index (χ0v) is 16.3. The minimum Gasteiger partial charge on any atom is -0.490 e. The normalized spacial score (nSPS) is 19.7. The fraction of sp³-hybridized carbons (Fsp3) is 0.632. The molecule has 0 aromatic heterocycles. The molecule has 0 amide bonds. The molecule has 3 N–H and O–H groups in total. The summed E-state index contributed by atoms with van der Waals surface area (Å²) in [5.41, 5.74) is 0.741. The molecule has 1 heterocycles. The number of hydrogen-bond donors (Lipinski definition) is 3. The van der Waals surface area contributed by atoms with E-state index in [1.807, 2.05) is 0 Å². The number of benzene rings is 1. The van der Waals surface area contributed by atoms with E-state index in [0.29, 0.717) is 45.3 Å². The topological polar surface area (TPSA) is 84.3 Å². The molecule has 0 spiro atoms. The summed E-state index contributed by atoms with van der Waals surface area (Å²) in [6.45, 7) is 1.70. The maximum atomic E-state index is 12.5. The fourth-order valence-corrected chi connectivity index (χ4v) is 3.11. The standard InChI is InChI=1S/C19H29F2N3O4/c1-3-27-16-10-14(4-5-15(16)28-17(20)21)11-23-18(22-2)24-12-19(6-8-25)7-9-26-13-19/h4-5,10,17,25H,3,6-9,11-13H2,1-2H3,(H2,22,23,24). The van der Waals surface area contributed by atoms with Gasteiger partial charge in [0.05, 0.1) is 13.2 Å². The van der Waals surface area contributed by atoms with Crippen molar-refractivity contribution in [2.45, 2.75) is 32.9 Å². The molecule has 28 heavy (non-hydrogen) atoms. The van der Waals surface area contributed by atoms with Crippen LogP contribution < -0.4 is 20.1 Å². The van der Waals surface area contributed by atoms with Gasteiger partial charge < -0.3 is 30.0 Å². The molecule has 1 atom stereocenters. The number of aliphatic hydroxyl groups is 1. The number of ether oxygens (including phenoxy) is 3. The first kappa shape index (κ1) is 22.2. The Morgan fingerprint density at radius 1 is 1.36 bits per heavy atom. The first-order chi connectivity index (χ1) is 13.5. The number of aliphatic imine (C=N–C) groups is 1. The van der Waals surface area contributed by atoms with Crippen LogP contribution in [0.5, 0.6) is 11.5 Å². The van der Waals surface area contributed by atoms with Gasteiger partial charge in [0.25, 0.3) is 0 Å². The summed E-state index contributed by atoms with van der Waals surface area (Å²) in [6, 6.07) is 4.83. The van der Waals surface area contributed by atoms with E-state index in [1.54, 1.807) is 26.1 Å². The van der Waals surface area contributed by atoms with Gasteiger partial charge in [0.2, 0.25) is 0 Å². The Morgan fingerprint density at radius 2 is 2.18 bits per heavy atom. The largest absolute Gasteiger partial charge is 0.490 e. The maximum absolute atomic E-state index is 12.5. The second kappa shape index (κ2) is 11.0. The summed E-state index contributed by atoms with van der Waals surface area (Å²) in [5, 5.41) is 15.8. The van der Waals surface area contributed by atoms with Crippen LogP contribution in [-0.4, -0.2) is 57.7 Å². The Labute approximate surface area is 164 Å². The number of rotatable bonds is 10. The molecular weight excluding hydrogens is 372 g/mol. The molecule has 1 fully saturated rings. The van der Waals surface area contributed by atoms with E-state index in [1.165, 1.54) is 6.07 Å². The highest BCUT2D eigenvalue weighted by Crippen LogP contribution is 2.31. The number of alkyl halides is 2. The van der Waals surface area contributed by atoms with Gasteiger partial charge in [-0.15, -0.1) is 0 Å². The predicted molar refractivity (Wildman–Crippen MR) is 102 cm³/mol.